The smallest absolute Gasteiger partial charge is 0.297 e. The minimum atomic E-state index is -0.774. The first-order valence-electron chi connectivity index (χ1n) is 10.6. The fraction of sp³-hybridized carbons (Fsp3) is 0.115. The molecule has 34 heavy (non-hydrogen) atoms. The molecule has 0 N–H and O–H groups in total. The lowest BCUT2D eigenvalue weighted by molar-refractivity contribution is 0.0971. The second kappa shape index (κ2) is 7.50. The van der Waals surface area contributed by atoms with Gasteiger partial charge in [-0.3, -0.25) is 14.5 Å². The summed E-state index contributed by atoms with van der Waals surface area (Å²) in [6, 6.07) is 16.0. The van der Waals surface area contributed by atoms with Crippen LogP contribution in [0.15, 0.2) is 69.9 Å². The predicted octanol–water partition coefficient (Wildman–Crippen LogP) is 5.61. The van der Waals surface area contributed by atoms with Crippen LogP contribution < -0.4 is 15.1 Å². The number of rotatable bonds is 3. The van der Waals surface area contributed by atoms with Crippen molar-refractivity contribution in [3.63, 3.8) is 0 Å². The third kappa shape index (κ3) is 3.03. The van der Waals surface area contributed by atoms with Crippen molar-refractivity contribution in [1.82, 2.24) is 4.98 Å². The summed E-state index contributed by atoms with van der Waals surface area (Å²) in [5, 5.41) is 0.761. The van der Waals surface area contributed by atoms with Gasteiger partial charge < -0.3 is 9.15 Å². The molecule has 3 aromatic carbocycles. The summed E-state index contributed by atoms with van der Waals surface area (Å²) in [5.74, 6) is -0.284. The molecule has 0 spiro atoms. The molecule has 0 fully saturated rings. The van der Waals surface area contributed by atoms with Gasteiger partial charge in [-0.15, -0.1) is 0 Å². The number of carbonyl (C=O) groups is 1. The number of nitrogens with zero attached hydrogens (tertiary/aromatic N) is 2. The van der Waals surface area contributed by atoms with Crippen molar-refractivity contribution in [2.75, 3.05) is 12.0 Å². The number of halogens is 1. The number of hydrogen-bond acceptors (Lipinski definition) is 6. The third-order valence-corrected chi connectivity index (χ3v) is 7.00. The molecular weight excluding hydrogens is 455 g/mol. The van der Waals surface area contributed by atoms with E-state index in [1.807, 2.05) is 19.1 Å². The van der Waals surface area contributed by atoms with Gasteiger partial charge in [-0.2, -0.15) is 0 Å². The van der Waals surface area contributed by atoms with Crippen LogP contribution in [0.5, 0.6) is 5.75 Å². The summed E-state index contributed by atoms with van der Waals surface area (Å²) in [7, 11) is 1.55. The molecule has 6 nitrogen and oxygen atoms in total. The number of methoxy groups -OCH3 is 1. The highest BCUT2D eigenvalue weighted by Gasteiger charge is 2.45. The number of hydrogen-bond donors (Lipinski definition) is 0. The summed E-state index contributed by atoms with van der Waals surface area (Å²) >= 11 is 1.18. The van der Waals surface area contributed by atoms with Crippen molar-refractivity contribution in [2.45, 2.75) is 13.0 Å². The molecule has 6 rings (SSSR count). The minimum Gasteiger partial charge on any atom is -0.497 e. The van der Waals surface area contributed by atoms with E-state index in [1.165, 1.54) is 28.4 Å². The number of benzene rings is 3. The molecule has 8 heteroatoms. The fourth-order valence-electron chi connectivity index (χ4n) is 4.40. The number of carbonyl (C=O) groups excluding carboxylic acids is 1. The zero-order valence-electron chi connectivity index (χ0n) is 18.2. The Bertz CT molecular complexity index is 1690. The van der Waals surface area contributed by atoms with Gasteiger partial charge in [-0.05, 0) is 55.0 Å². The SMILES string of the molecule is COc1cccc([C@H]2c3c(oc4ccc(C)cc4c3=O)C(=O)N2c2nc3ccc(F)cc3s2)c1. The topological polar surface area (TPSA) is 72.6 Å². The van der Waals surface area contributed by atoms with Crippen molar-refractivity contribution in [1.29, 1.82) is 0 Å². The molecule has 0 aliphatic carbocycles. The molecule has 0 saturated carbocycles. The third-order valence-electron chi connectivity index (χ3n) is 5.98. The van der Waals surface area contributed by atoms with Gasteiger partial charge in [0.1, 0.15) is 17.1 Å². The van der Waals surface area contributed by atoms with Crippen LogP contribution >= 0.6 is 11.3 Å². The van der Waals surface area contributed by atoms with E-state index in [0.29, 0.717) is 37.6 Å². The van der Waals surface area contributed by atoms with Gasteiger partial charge in [0.25, 0.3) is 5.91 Å². The van der Waals surface area contributed by atoms with E-state index in [0.717, 1.165) is 5.56 Å². The number of anilines is 1. The summed E-state index contributed by atoms with van der Waals surface area (Å²) in [6.07, 6.45) is 0. The molecule has 0 radical (unpaired) electrons. The number of ether oxygens (including phenoxy) is 1. The molecule has 168 valence electrons. The molecule has 0 saturated heterocycles. The maximum Gasteiger partial charge on any atom is 0.297 e. The average molecular weight is 472 g/mol. The molecule has 3 heterocycles. The van der Waals surface area contributed by atoms with Gasteiger partial charge in [0.15, 0.2) is 10.6 Å². The van der Waals surface area contributed by atoms with E-state index in [4.69, 9.17) is 9.15 Å². The van der Waals surface area contributed by atoms with E-state index in [9.17, 15) is 14.0 Å². The highest BCUT2D eigenvalue weighted by atomic mass is 32.1. The quantitative estimate of drug-likeness (QED) is 0.341. The Labute approximate surface area is 196 Å². The Morgan fingerprint density at radius 3 is 2.76 bits per heavy atom. The number of amides is 1. The van der Waals surface area contributed by atoms with E-state index >= 15 is 0 Å². The maximum absolute atomic E-state index is 13.8. The predicted molar refractivity (Wildman–Crippen MR) is 128 cm³/mol. The first kappa shape index (κ1) is 20.6. The maximum atomic E-state index is 13.8. The lowest BCUT2D eigenvalue weighted by Crippen LogP contribution is -2.29. The lowest BCUT2D eigenvalue weighted by atomic mass is 9.98. The van der Waals surface area contributed by atoms with Gasteiger partial charge in [-0.1, -0.05) is 35.1 Å². The zero-order valence-corrected chi connectivity index (χ0v) is 19.0. The van der Waals surface area contributed by atoms with Crippen molar-refractivity contribution in [2.24, 2.45) is 0 Å². The number of aromatic nitrogens is 1. The molecule has 1 aliphatic heterocycles. The average Bonchev–Trinajstić information content (AvgIpc) is 3.38. The number of fused-ring (bicyclic) bond motifs is 3. The monoisotopic (exact) mass is 472 g/mol. The number of thiazole rings is 1. The van der Waals surface area contributed by atoms with Crippen molar-refractivity contribution in [3.8, 4) is 5.75 Å². The molecule has 2 aromatic heterocycles. The van der Waals surface area contributed by atoms with Crippen LogP contribution in [0.4, 0.5) is 9.52 Å². The summed E-state index contributed by atoms with van der Waals surface area (Å²) in [5.41, 5.74) is 2.48. The van der Waals surface area contributed by atoms with Crippen molar-refractivity contribution in [3.05, 3.63) is 99.2 Å². The zero-order chi connectivity index (χ0) is 23.6. The molecule has 1 amide bonds. The van der Waals surface area contributed by atoms with Crippen LogP contribution in [0.1, 0.15) is 33.3 Å². The highest BCUT2D eigenvalue weighted by Crippen LogP contribution is 2.44. The molecule has 1 atom stereocenters. The van der Waals surface area contributed by atoms with Crippen LogP contribution in [-0.2, 0) is 0 Å². The van der Waals surface area contributed by atoms with Crippen LogP contribution in [0, 0.1) is 12.7 Å². The van der Waals surface area contributed by atoms with Gasteiger partial charge in [0, 0.05) is 0 Å². The highest BCUT2D eigenvalue weighted by molar-refractivity contribution is 7.22. The van der Waals surface area contributed by atoms with Crippen LogP contribution in [0.25, 0.3) is 21.2 Å². The molecule has 1 aliphatic rings. The fourth-order valence-corrected chi connectivity index (χ4v) is 5.42. The minimum absolute atomic E-state index is 0.0143. The van der Waals surface area contributed by atoms with E-state index < -0.39 is 11.9 Å². The number of aryl methyl sites for hydroxylation is 1. The Morgan fingerprint density at radius 2 is 1.94 bits per heavy atom. The Morgan fingerprint density at radius 1 is 1.09 bits per heavy atom. The second-order valence-corrected chi connectivity index (χ2v) is 9.15. The van der Waals surface area contributed by atoms with Gasteiger partial charge in [0.2, 0.25) is 5.76 Å². The summed E-state index contributed by atoms with van der Waals surface area (Å²) < 4.78 is 25.8. The van der Waals surface area contributed by atoms with Crippen LogP contribution in [-0.4, -0.2) is 18.0 Å². The molecule has 0 bridgehead atoms. The van der Waals surface area contributed by atoms with Crippen molar-refractivity contribution < 1.29 is 18.3 Å². The largest absolute Gasteiger partial charge is 0.497 e. The summed E-state index contributed by atoms with van der Waals surface area (Å²) in [6.45, 7) is 1.89. The first-order chi connectivity index (χ1) is 16.4. The van der Waals surface area contributed by atoms with Crippen LogP contribution in [0.2, 0.25) is 0 Å². The lowest BCUT2D eigenvalue weighted by Gasteiger charge is -2.22. The van der Waals surface area contributed by atoms with E-state index in [1.54, 1.807) is 43.5 Å². The standard InChI is InChI=1S/C26H17FN2O4S/c1-13-6-9-19-17(10-13)23(30)21-22(14-4-3-5-16(11-14)32-2)29(25(31)24(21)33-19)26-28-18-8-7-15(27)12-20(18)34-26/h3-12,22H,1-2H3/t22-/m0/s1. The molecule has 5 aromatic rings. The van der Waals surface area contributed by atoms with Gasteiger partial charge >= 0.3 is 0 Å². The Kier molecular flexibility index (Phi) is 4.53. The van der Waals surface area contributed by atoms with E-state index in [2.05, 4.69) is 4.98 Å². The van der Waals surface area contributed by atoms with Gasteiger partial charge in [-0.25, -0.2) is 9.37 Å². The summed E-state index contributed by atoms with van der Waals surface area (Å²) in [4.78, 5) is 33.4. The Hall–Kier alpha value is -4.04. The first-order valence-corrected chi connectivity index (χ1v) is 11.4. The Balaban J connectivity index is 1.64. The van der Waals surface area contributed by atoms with Gasteiger partial charge in [0.05, 0.1) is 34.3 Å². The molecule has 0 unspecified atom stereocenters. The van der Waals surface area contributed by atoms with Crippen LogP contribution in [0.3, 0.4) is 0 Å². The van der Waals surface area contributed by atoms with Crippen molar-refractivity contribution >= 4 is 43.6 Å². The molecular formula is C26H17FN2O4S. The van der Waals surface area contributed by atoms with E-state index in [-0.39, 0.29) is 22.6 Å². The second-order valence-electron chi connectivity index (χ2n) is 8.14. The normalized spacial score (nSPS) is 15.3.